The first-order valence-electron chi connectivity index (χ1n) is 4.57. The number of hydrogen-bond acceptors (Lipinski definition) is 1. The Labute approximate surface area is 83.1 Å². The van der Waals surface area contributed by atoms with E-state index >= 15 is 0 Å². The first kappa shape index (κ1) is 11.1. The zero-order chi connectivity index (χ0) is 10.8. The van der Waals surface area contributed by atoms with Gasteiger partial charge in [0.05, 0.1) is 6.54 Å². The summed E-state index contributed by atoms with van der Waals surface area (Å²) in [5, 5.41) is 2.50. The summed E-state index contributed by atoms with van der Waals surface area (Å²) in [5.41, 5.74) is 1.76. The lowest BCUT2D eigenvalue weighted by Crippen LogP contribution is -2.28. The Morgan fingerprint density at radius 3 is 2.43 bits per heavy atom. The van der Waals surface area contributed by atoms with Crippen molar-refractivity contribution < 1.29 is 8.78 Å². The maximum absolute atomic E-state index is 13.5. The first-order valence-corrected chi connectivity index (χ1v) is 4.57. The predicted octanol–water partition coefficient (Wildman–Crippen LogP) is 2.61. The highest BCUT2D eigenvalue weighted by Gasteiger charge is 2.31. The molecular weight excluding hydrogens is 184 g/mol. The predicted molar refractivity (Wildman–Crippen MR) is 53.7 cm³/mol. The van der Waals surface area contributed by atoms with Crippen molar-refractivity contribution in [2.24, 2.45) is 0 Å². The fourth-order valence-corrected chi connectivity index (χ4v) is 1.54. The molecule has 0 aliphatic heterocycles. The SMILES string of the molecule is CNCC(F)(F)c1ccc(C)cc1C. The number of likely N-dealkylation sites (N-methyl/N-ethyl adjacent to an activating group) is 1. The van der Waals surface area contributed by atoms with Gasteiger partial charge in [-0.05, 0) is 26.5 Å². The Morgan fingerprint density at radius 1 is 1.29 bits per heavy atom. The van der Waals surface area contributed by atoms with Crippen LogP contribution in [0.3, 0.4) is 0 Å². The third kappa shape index (κ3) is 2.29. The highest BCUT2D eigenvalue weighted by Crippen LogP contribution is 2.29. The van der Waals surface area contributed by atoms with Crippen molar-refractivity contribution in [3.63, 3.8) is 0 Å². The molecule has 0 bridgehead atoms. The van der Waals surface area contributed by atoms with E-state index < -0.39 is 5.92 Å². The minimum absolute atomic E-state index is 0.109. The third-order valence-electron chi connectivity index (χ3n) is 2.17. The number of benzene rings is 1. The van der Waals surface area contributed by atoms with Gasteiger partial charge in [-0.3, -0.25) is 0 Å². The van der Waals surface area contributed by atoms with Crippen molar-refractivity contribution in [1.82, 2.24) is 5.32 Å². The number of hydrogen-bond donors (Lipinski definition) is 1. The number of rotatable bonds is 3. The zero-order valence-electron chi connectivity index (χ0n) is 8.70. The van der Waals surface area contributed by atoms with Crippen molar-refractivity contribution in [2.75, 3.05) is 13.6 Å². The lowest BCUT2D eigenvalue weighted by molar-refractivity contribution is -0.00186. The lowest BCUT2D eigenvalue weighted by atomic mass is 10.0. The number of nitrogens with one attached hydrogen (secondary N) is 1. The Morgan fingerprint density at radius 2 is 1.93 bits per heavy atom. The summed E-state index contributed by atoms with van der Waals surface area (Å²) in [6.45, 7) is 3.29. The quantitative estimate of drug-likeness (QED) is 0.789. The van der Waals surface area contributed by atoms with Gasteiger partial charge < -0.3 is 5.32 Å². The van der Waals surface area contributed by atoms with Gasteiger partial charge in [-0.1, -0.05) is 23.8 Å². The summed E-state index contributed by atoms with van der Waals surface area (Å²) < 4.78 is 27.0. The normalized spacial score (nSPS) is 11.8. The maximum Gasteiger partial charge on any atom is 0.285 e. The van der Waals surface area contributed by atoms with E-state index in [1.807, 2.05) is 6.92 Å². The van der Waals surface area contributed by atoms with Gasteiger partial charge in [-0.2, -0.15) is 8.78 Å². The molecule has 0 aliphatic rings. The molecule has 0 unspecified atom stereocenters. The summed E-state index contributed by atoms with van der Waals surface area (Å²) in [6.07, 6.45) is 0. The second kappa shape index (κ2) is 4.05. The van der Waals surface area contributed by atoms with Crippen LogP contribution in [-0.4, -0.2) is 13.6 Å². The zero-order valence-corrected chi connectivity index (χ0v) is 8.70. The van der Waals surface area contributed by atoms with Crippen molar-refractivity contribution in [2.45, 2.75) is 19.8 Å². The standard InChI is InChI=1S/C11H15F2N/c1-8-4-5-10(9(2)6-8)11(12,13)7-14-3/h4-6,14H,7H2,1-3H3. The molecule has 0 amide bonds. The smallest absolute Gasteiger partial charge is 0.285 e. The van der Waals surface area contributed by atoms with Gasteiger partial charge in [0, 0.05) is 5.56 Å². The monoisotopic (exact) mass is 199 g/mol. The summed E-state index contributed by atoms with van der Waals surface area (Å²) in [5.74, 6) is -2.79. The van der Waals surface area contributed by atoms with Crippen LogP contribution in [0.25, 0.3) is 0 Å². The van der Waals surface area contributed by atoms with Crippen LogP contribution in [0.1, 0.15) is 16.7 Å². The molecule has 14 heavy (non-hydrogen) atoms. The molecule has 0 saturated heterocycles. The van der Waals surface area contributed by atoms with Crippen LogP contribution in [0.2, 0.25) is 0 Å². The van der Waals surface area contributed by atoms with Gasteiger partial charge in [0.1, 0.15) is 0 Å². The van der Waals surface area contributed by atoms with Crippen LogP contribution in [0.15, 0.2) is 18.2 Å². The molecule has 1 N–H and O–H groups in total. The van der Waals surface area contributed by atoms with Gasteiger partial charge in [0.2, 0.25) is 0 Å². The van der Waals surface area contributed by atoms with Crippen LogP contribution in [0.5, 0.6) is 0 Å². The second-order valence-electron chi connectivity index (χ2n) is 3.55. The number of alkyl halides is 2. The molecule has 1 aromatic rings. The Hall–Kier alpha value is -0.960. The molecule has 0 aliphatic carbocycles. The summed E-state index contributed by atoms with van der Waals surface area (Å²) >= 11 is 0. The minimum atomic E-state index is -2.79. The van der Waals surface area contributed by atoms with Crippen molar-refractivity contribution in [1.29, 1.82) is 0 Å². The van der Waals surface area contributed by atoms with Gasteiger partial charge in [-0.25, -0.2) is 0 Å². The van der Waals surface area contributed by atoms with Gasteiger partial charge in [-0.15, -0.1) is 0 Å². The van der Waals surface area contributed by atoms with Crippen LogP contribution in [0, 0.1) is 13.8 Å². The number of aryl methyl sites for hydroxylation is 2. The van der Waals surface area contributed by atoms with E-state index in [-0.39, 0.29) is 12.1 Å². The molecule has 0 heterocycles. The average molecular weight is 199 g/mol. The number of halogens is 2. The van der Waals surface area contributed by atoms with E-state index in [0.29, 0.717) is 5.56 Å². The van der Waals surface area contributed by atoms with E-state index in [4.69, 9.17) is 0 Å². The summed E-state index contributed by atoms with van der Waals surface area (Å²) in [4.78, 5) is 0. The van der Waals surface area contributed by atoms with Crippen molar-refractivity contribution in [3.05, 3.63) is 34.9 Å². The fourth-order valence-electron chi connectivity index (χ4n) is 1.54. The molecule has 1 nitrogen and oxygen atoms in total. The van der Waals surface area contributed by atoms with Crippen molar-refractivity contribution >= 4 is 0 Å². The highest BCUT2D eigenvalue weighted by molar-refractivity contribution is 5.33. The van der Waals surface area contributed by atoms with Crippen LogP contribution in [-0.2, 0) is 5.92 Å². The molecule has 0 fully saturated rings. The molecule has 0 spiro atoms. The molecule has 0 saturated carbocycles. The molecule has 1 aromatic carbocycles. The van der Waals surface area contributed by atoms with E-state index in [2.05, 4.69) is 5.32 Å². The first-order chi connectivity index (χ1) is 6.47. The van der Waals surface area contributed by atoms with Gasteiger partial charge in [0.25, 0.3) is 5.92 Å². The molecular formula is C11H15F2N. The third-order valence-corrected chi connectivity index (χ3v) is 2.17. The molecule has 0 aromatic heterocycles. The topological polar surface area (TPSA) is 12.0 Å². The largest absolute Gasteiger partial charge is 0.314 e. The van der Waals surface area contributed by atoms with Gasteiger partial charge >= 0.3 is 0 Å². The molecule has 3 heteroatoms. The van der Waals surface area contributed by atoms with E-state index in [1.165, 1.54) is 13.1 Å². The lowest BCUT2D eigenvalue weighted by Gasteiger charge is -2.18. The Bertz CT molecular complexity index is 321. The van der Waals surface area contributed by atoms with Crippen LogP contribution < -0.4 is 5.32 Å². The highest BCUT2D eigenvalue weighted by atomic mass is 19.3. The van der Waals surface area contributed by atoms with Crippen LogP contribution >= 0.6 is 0 Å². The molecule has 0 radical (unpaired) electrons. The summed E-state index contributed by atoms with van der Waals surface area (Å²) in [7, 11) is 1.53. The average Bonchev–Trinajstić information content (AvgIpc) is 2.02. The second-order valence-corrected chi connectivity index (χ2v) is 3.55. The van der Waals surface area contributed by atoms with E-state index in [9.17, 15) is 8.78 Å². The van der Waals surface area contributed by atoms with E-state index in [1.54, 1.807) is 19.1 Å². The summed E-state index contributed by atoms with van der Waals surface area (Å²) in [6, 6.07) is 4.99. The molecule has 1 rings (SSSR count). The van der Waals surface area contributed by atoms with Gasteiger partial charge in [0.15, 0.2) is 0 Å². The van der Waals surface area contributed by atoms with E-state index in [0.717, 1.165) is 5.56 Å². The Kier molecular flexibility index (Phi) is 3.21. The molecule has 0 atom stereocenters. The maximum atomic E-state index is 13.5. The molecule has 78 valence electrons. The fraction of sp³-hybridized carbons (Fsp3) is 0.455. The van der Waals surface area contributed by atoms with Crippen molar-refractivity contribution in [3.8, 4) is 0 Å². The Balaban J connectivity index is 3.06. The van der Waals surface area contributed by atoms with Crippen LogP contribution in [0.4, 0.5) is 8.78 Å². The minimum Gasteiger partial charge on any atom is -0.314 e.